The molecule has 0 spiro atoms. The van der Waals surface area contributed by atoms with Crippen LogP contribution in [0.1, 0.15) is 24.5 Å². The fourth-order valence-corrected chi connectivity index (χ4v) is 1.90. The molecule has 0 fully saturated rings. The van der Waals surface area contributed by atoms with E-state index in [4.69, 9.17) is 11.6 Å². The summed E-state index contributed by atoms with van der Waals surface area (Å²) in [5.74, 6) is 0. The van der Waals surface area contributed by atoms with Crippen molar-refractivity contribution < 1.29 is 0 Å². The van der Waals surface area contributed by atoms with Gasteiger partial charge in [-0.3, -0.25) is 4.68 Å². The van der Waals surface area contributed by atoms with Crippen molar-refractivity contribution in [1.82, 2.24) is 15.1 Å². The molecule has 18 heavy (non-hydrogen) atoms. The zero-order chi connectivity index (χ0) is 12.8. The van der Waals surface area contributed by atoms with Crippen molar-refractivity contribution in [1.29, 1.82) is 0 Å². The first-order valence-electron chi connectivity index (χ1n) is 6.24. The molecule has 1 aromatic carbocycles. The van der Waals surface area contributed by atoms with Crippen molar-refractivity contribution >= 4 is 11.6 Å². The van der Waals surface area contributed by atoms with Gasteiger partial charge in [-0.2, -0.15) is 5.10 Å². The molecule has 1 heterocycles. The number of rotatable bonds is 6. The predicted octanol–water partition coefficient (Wildman–Crippen LogP) is 3.08. The Bertz CT molecular complexity index is 476. The molecule has 0 saturated carbocycles. The van der Waals surface area contributed by atoms with Gasteiger partial charge in [-0.25, -0.2) is 0 Å². The van der Waals surface area contributed by atoms with Crippen molar-refractivity contribution in [2.45, 2.75) is 26.4 Å². The highest BCUT2D eigenvalue weighted by atomic mass is 35.5. The van der Waals surface area contributed by atoms with E-state index < -0.39 is 0 Å². The van der Waals surface area contributed by atoms with E-state index in [0.29, 0.717) is 0 Å². The summed E-state index contributed by atoms with van der Waals surface area (Å²) >= 11 is 5.86. The maximum atomic E-state index is 5.86. The summed E-state index contributed by atoms with van der Waals surface area (Å²) in [6, 6.07) is 7.87. The van der Waals surface area contributed by atoms with Crippen LogP contribution in [0, 0.1) is 0 Å². The molecule has 1 N–H and O–H groups in total. The number of benzene rings is 1. The Morgan fingerprint density at radius 2 is 2.00 bits per heavy atom. The van der Waals surface area contributed by atoms with Crippen LogP contribution in [0.5, 0.6) is 0 Å². The Morgan fingerprint density at radius 3 is 2.72 bits per heavy atom. The normalized spacial score (nSPS) is 10.8. The molecule has 1 aromatic heterocycles. The summed E-state index contributed by atoms with van der Waals surface area (Å²) in [6.07, 6.45) is 5.15. The van der Waals surface area contributed by atoms with Crippen LogP contribution < -0.4 is 5.32 Å². The molecule has 2 rings (SSSR count). The Hall–Kier alpha value is -1.32. The summed E-state index contributed by atoms with van der Waals surface area (Å²) < 4.78 is 1.95. The molecular formula is C14H18ClN3. The van der Waals surface area contributed by atoms with Crippen LogP contribution in [0.3, 0.4) is 0 Å². The van der Waals surface area contributed by atoms with Gasteiger partial charge in [0, 0.05) is 23.3 Å². The number of hydrogen-bond donors (Lipinski definition) is 1. The molecule has 0 aliphatic carbocycles. The SMILES string of the molecule is CCCNCc1cnn(Cc2ccc(Cl)cc2)c1. The quantitative estimate of drug-likeness (QED) is 0.812. The van der Waals surface area contributed by atoms with Crippen molar-refractivity contribution in [2.24, 2.45) is 0 Å². The van der Waals surface area contributed by atoms with E-state index in [-0.39, 0.29) is 0 Å². The van der Waals surface area contributed by atoms with E-state index in [1.165, 1.54) is 11.1 Å². The molecule has 0 radical (unpaired) electrons. The van der Waals surface area contributed by atoms with Crippen molar-refractivity contribution in [3.8, 4) is 0 Å². The first kappa shape index (κ1) is 13.1. The predicted molar refractivity (Wildman–Crippen MR) is 74.8 cm³/mol. The minimum atomic E-state index is 0.767. The van der Waals surface area contributed by atoms with Crippen LogP contribution in [0.4, 0.5) is 0 Å². The summed E-state index contributed by atoms with van der Waals surface area (Å²) in [7, 11) is 0. The van der Waals surface area contributed by atoms with Gasteiger partial charge in [0.1, 0.15) is 0 Å². The van der Waals surface area contributed by atoms with Crippen LogP contribution in [0.25, 0.3) is 0 Å². The summed E-state index contributed by atoms with van der Waals surface area (Å²) in [6.45, 7) is 4.87. The molecule has 0 unspecified atom stereocenters. The average molecular weight is 264 g/mol. The Morgan fingerprint density at radius 1 is 1.22 bits per heavy atom. The van der Waals surface area contributed by atoms with E-state index in [0.717, 1.165) is 31.1 Å². The number of nitrogens with one attached hydrogen (secondary N) is 1. The van der Waals surface area contributed by atoms with Crippen LogP contribution in [-0.4, -0.2) is 16.3 Å². The van der Waals surface area contributed by atoms with Gasteiger partial charge in [0.25, 0.3) is 0 Å². The second kappa shape index (κ2) is 6.57. The maximum absolute atomic E-state index is 5.86. The fourth-order valence-electron chi connectivity index (χ4n) is 1.77. The zero-order valence-electron chi connectivity index (χ0n) is 10.6. The van der Waals surface area contributed by atoms with Gasteiger partial charge in [0.05, 0.1) is 12.7 Å². The van der Waals surface area contributed by atoms with Crippen LogP contribution in [0.2, 0.25) is 5.02 Å². The number of halogens is 1. The summed E-state index contributed by atoms with van der Waals surface area (Å²) in [4.78, 5) is 0. The van der Waals surface area contributed by atoms with E-state index in [1.54, 1.807) is 0 Å². The summed E-state index contributed by atoms with van der Waals surface area (Å²) in [5, 5.41) is 8.49. The highest BCUT2D eigenvalue weighted by molar-refractivity contribution is 6.30. The highest BCUT2D eigenvalue weighted by Crippen LogP contribution is 2.10. The van der Waals surface area contributed by atoms with Gasteiger partial charge in [0.15, 0.2) is 0 Å². The fraction of sp³-hybridized carbons (Fsp3) is 0.357. The molecule has 96 valence electrons. The Kier molecular flexibility index (Phi) is 4.79. The topological polar surface area (TPSA) is 29.9 Å². The first-order valence-corrected chi connectivity index (χ1v) is 6.62. The van der Waals surface area contributed by atoms with Gasteiger partial charge in [-0.15, -0.1) is 0 Å². The smallest absolute Gasteiger partial charge is 0.0659 e. The van der Waals surface area contributed by atoms with Crippen LogP contribution in [-0.2, 0) is 13.1 Å². The van der Waals surface area contributed by atoms with Crippen molar-refractivity contribution in [3.05, 3.63) is 52.8 Å². The summed E-state index contributed by atoms with van der Waals surface area (Å²) in [5.41, 5.74) is 2.42. The molecule has 0 atom stereocenters. The molecule has 2 aromatic rings. The van der Waals surface area contributed by atoms with Gasteiger partial charge in [0.2, 0.25) is 0 Å². The lowest BCUT2D eigenvalue weighted by Crippen LogP contribution is -2.13. The molecule has 0 bridgehead atoms. The van der Waals surface area contributed by atoms with Crippen LogP contribution >= 0.6 is 11.6 Å². The zero-order valence-corrected chi connectivity index (χ0v) is 11.3. The number of aromatic nitrogens is 2. The van der Waals surface area contributed by atoms with Crippen LogP contribution in [0.15, 0.2) is 36.7 Å². The molecular weight excluding hydrogens is 246 g/mol. The maximum Gasteiger partial charge on any atom is 0.0659 e. The molecule has 0 saturated heterocycles. The highest BCUT2D eigenvalue weighted by Gasteiger charge is 1.99. The molecule has 0 amide bonds. The Balaban J connectivity index is 1.91. The minimum Gasteiger partial charge on any atom is -0.313 e. The lowest BCUT2D eigenvalue weighted by atomic mass is 10.2. The second-order valence-corrected chi connectivity index (χ2v) is 4.79. The van der Waals surface area contributed by atoms with Gasteiger partial charge >= 0.3 is 0 Å². The molecule has 0 aliphatic heterocycles. The number of hydrogen-bond acceptors (Lipinski definition) is 2. The first-order chi connectivity index (χ1) is 8.78. The lowest BCUT2D eigenvalue weighted by Gasteiger charge is -2.02. The third-order valence-corrected chi connectivity index (χ3v) is 2.95. The minimum absolute atomic E-state index is 0.767. The van der Waals surface area contributed by atoms with Gasteiger partial charge in [-0.05, 0) is 30.7 Å². The van der Waals surface area contributed by atoms with E-state index in [9.17, 15) is 0 Å². The van der Waals surface area contributed by atoms with Crippen molar-refractivity contribution in [3.63, 3.8) is 0 Å². The van der Waals surface area contributed by atoms with Crippen molar-refractivity contribution in [2.75, 3.05) is 6.54 Å². The number of nitrogens with zero attached hydrogens (tertiary/aromatic N) is 2. The van der Waals surface area contributed by atoms with Gasteiger partial charge < -0.3 is 5.32 Å². The molecule has 4 heteroatoms. The van der Waals surface area contributed by atoms with E-state index >= 15 is 0 Å². The second-order valence-electron chi connectivity index (χ2n) is 4.35. The average Bonchev–Trinajstić information content (AvgIpc) is 2.80. The molecule has 3 nitrogen and oxygen atoms in total. The Labute approximate surface area is 113 Å². The van der Waals surface area contributed by atoms with E-state index in [1.807, 2.05) is 35.1 Å². The largest absolute Gasteiger partial charge is 0.313 e. The third kappa shape index (κ3) is 3.86. The monoisotopic (exact) mass is 263 g/mol. The standard InChI is InChI=1S/C14H18ClN3/c1-2-7-16-8-13-9-17-18(11-13)10-12-3-5-14(15)6-4-12/h3-6,9,11,16H,2,7-8,10H2,1H3. The van der Waals surface area contributed by atoms with E-state index in [2.05, 4.69) is 23.5 Å². The molecule has 0 aliphatic rings. The van der Waals surface area contributed by atoms with Gasteiger partial charge in [-0.1, -0.05) is 30.7 Å². The lowest BCUT2D eigenvalue weighted by molar-refractivity contribution is 0.668. The third-order valence-electron chi connectivity index (χ3n) is 2.70.